The molecular formula is C18H30N2. The van der Waals surface area contributed by atoms with Crippen LogP contribution in [0.15, 0.2) is 24.3 Å². The molecule has 1 aromatic rings. The molecule has 0 amide bonds. The molecule has 1 saturated carbocycles. The van der Waals surface area contributed by atoms with E-state index >= 15 is 0 Å². The summed E-state index contributed by atoms with van der Waals surface area (Å²) < 4.78 is 0. The highest BCUT2D eigenvalue weighted by molar-refractivity contribution is 5.51. The van der Waals surface area contributed by atoms with Crippen molar-refractivity contribution in [1.82, 2.24) is 0 Å². The second-order valence-electron chi connectivity index (χ2n) is 6.36. The maximum absolute atomic E-state index is 6.24. The molecule has 1 fully saturated rings. The summed E-state index contributed by atoms with van der Waals surface area (Å²) in [5, 5.41) is 0. The molecule has 20 heavy (non-hydrogen) atoms. The number of likely N-dealkylation sites (N-methyl/N-ethyl adjacent to an activating group) is 1. The molecule has 2 rings (SSSR count). The summed E-state index contributed by atoms with van der Waals surface area (Å²) in [5.41, 5.74) is 9.08. The summed E-state index contributed by atoms with van der Waals surface area (Å²) in [7, 11) is 0. The Morgan fingerprint density at radius 1 is 1.25 bits per heavy atom. The third kappa shape index (κ3) is 3.01. The molecule has 1 aliphatic rings. The minimum absolute atomic E-state index is 0.175. The van der Waals surface area contributed by atoms with Crippen molar-refractivity contribution in [2.24, 2.45) is 11.7 Å². The summed E-state index contributed by atoms with van der Waals surface area (Å²) >= 11 is 0. The predicted molar refractivity (Wildman–Crippen MR) is 88.2 cm³/mol. The number of hydrogen-bond acceptors (Lipinski definition) is 2. The third-order valence-corrected chi connectivity index (χ3v) is 5.20. The lowest BCUT2D eigenvalue weighted by Crippen LogP contribution is -2.56. The molecule has 0 saturated heterocycles. The Bertz CT molecular complexity index is 419. The van der Waals surface area contributed by atoms with Gasteiger partial charge in [0.1, 0.15) is 0 Å². The molecule has 0 bridgehead atoms. The smallest absolute Gasteiger partial charge is 0.0524 e. The van der Waals surface area contributed by atoms with E-state index in [2.05, 4.69) is 49.9 Å². The van der Waals surface area contributed by atoms with Gasteiger partial charge in [-0.15, -0.1) is 0 Å². The van der Waals surface area contributed by atoms with Crippen LogP contribution in [0.4, 0.5) is 5.69 Å². The Kier molecular flexibility index (Phi) is 5.09. The van der Waals surface area contributed by atoms with E-state index in [-0.39, 0.29) is 5.54 Å². The van der Waals surface area contributed by atoms with Crippen molar-refractivity contribution in [1.29, 1.82) is 0 Å². The number of aryl methyl sites for hydroxylation is 1. The lowest BCUT2D eigenvalue weighted by atomic mass is 9.74. The zero-order valence-corrected chi connectivity index (χ0v) is 13.4. The molecule has 0 spiro atoms. The van der Waals surface area contributed by atoms with Gasteiger partial charge in [0.2, 0.25) is 0 Å². The molecule has 0 radical (unpaired) electrons. The highest BCUT2D eigenvalue weighted by atomic mass is 15.2. The van der Waals surface area contributed by atoms with Crippen molar-refractivity contribution in [2.45, 2.75) is 58.4 Å². The van der Waals surface area contributed by atoms with Crippen molar-refractivity contribution in [3.8, 4) is 0 Å². The van der Waals surface area contributed by atoms with Gasteiger partial charge in [-0.05, 0) is 63.1 Å². The second-order valence-corrected chi connectivity index (χ2v) is 6.36. The van der Waals surface area contributed by atoms with E-state index in [4.69, 9.17) is 5.73 Å². The second kappa shape index (κ2) is 6.62. The van der Waals surface area contributed by atoms with Crippen molar-refractivity contribution in [2.75, 3.05) is 18.0 Å². The van der Waals surface area contributed by atoms with Gasteiger partial charge in [-0.3, -0.25) is 0 Å². The minimum Gasteiger partial charge on any atom is -0.365 e. The average Bonchev–Trinajstić information content (AvgIpc) is 2.48. The number of nitrogens with zero attached hydrogens (tertiary/aromatic N) is 1. The Morgan fingerprint density at radius 3 is 2.45 bits per heavy atom. The van der Waals surface area contributed by atoms with E-state index in [1.165, 1.54) is 43.4 Å². The Morgan fingerprint density at radius 2 is 1.95 bits per heavy atom. The van der Waals surface area contributed by atoms with Crippen molar-refractivity contribution < 1.29 is 0 Å². The first-order valence-corrected chi connectivity index (χ1v) is 8.19. The molecule has 0 unspecified atom stereocenters. The van der Waals surface area contributed by atoms with E-state index in [0.29, 0.717) is 0 Å². The van der Waals surface area contributed by atoms with E-state index in [9.17, 15) is 0 Å². The average molecular weight is 274 g/mol. The number of anilines is 1. The van der Waals surface area contributed by atoms with Crippen molar-refractivity contribution in [3.63, 3.8) is 0 Å². The van der Waals surface area contributed by atoms with Crippen LogP contribution < -0.4 is 10.6 Å². The van der Waals surface area contributed by atoms with E-state index in [0.717, 1.165) is 19.0 Å². The monoisotopic (exact) mass is 274 g/mol. The number of benzene rings is 1. The van der Waals surface area contributed by atoms with Crippen LogP contribution in [0.2, 0.25) is 0 Å². The zero-order valence-electron chi connectivity index (χ0n) is 13.4. The summed E-state index contributed by atoms with van der Waals surface area (Å²) in [6.45, 7) is 8.55. The number of hydrogen-bond donors (Lipinski definition) is 1. The van der Waals surface area contributed by atoms with Gasteiger partial charge >= 0.3 is 0 Å². The maximum Gasteiger partial charge on any atom is 0.0524 e. The molecule has 112 valence electrons. The molecule has 0 aromatic heterocycles. The van der Waals surface area contributed by atoms with Crippen LogP contribution >= 0.6 is 0 Å². The Labute approximate surface area is 124 Å². The Hall–Kier alpha value is -1.02. The summed E-state index contributed by atoms with van der Waals surface area (Å²) in [6, 6.07) is 8.86. The van der Waals surface area contributed by atoms with Gasteiger partial charge in [-0.1, -0.05) is 25.5 Å². The number of nitrogens with two attached hydrogens (primary N) is 1. The zero-order chi connectivity index (χ0) is 14.6. The largest absolute Gasteiger partial charge is 0.365 e. The first-order valence-electron chi connectivity index (χ1n) is 8.19. The molecule has 1 aromatic carbocycles. The van der Waals surface area contributed by atoms with Gasteiger partial charge in [0.25, 0.3) is 0 Å². The van der Waals surface area contributed by atoms with Crippen molar-refractivity contribution in [3.05, 3.63) is 29.8 Å². The van der Waals surface area contributed by atoms with E-state index in [1.54, 1.807) is 0 Å². The fraction of sp³-hybridized carbons (Fsp3) is 0.667. The first kappa shape index (κ1) is 15.4. The van der Waals surface area contributed by atoms with Crippen LogP contribution in [0, 0.1) is 12.8 Å². The van der Waals surface area contributed by atoms with Gasteiger partial charge < -0.3 is 10.6 Å². The molecule has 1 aliphatic carbocycles. The molecule has 0 heterocycles. The molecule has 2 N–H and O–H groups in total. The quantitative estimate of drug-likeness (QED) is 0.875. The van der Waals surface area contributed by atoms with E-state index in [1.807, 2.05) is 0 Å². The minimum atomic E-state index is 0.175. The van der Waals surface area contributed by atoms with Gasteiger partial charge in [0.05, 0.1) is 5.54 Å². The van der Waals surface area contributed by atoms with E-state index < -0.39 is 0 Å². The van der Waals surface area contributed by atoms with Gasteiger partial charge in [0, 0.05) is 18.8 Å². The summed E-state index contributed by atoms with van der Waals surface area (Å²) in [6.07, 6.45) is 6.46. The molecular weight excluding hydrogens is 244 g/mol. The summed E-state index contributed by atoms with van der Waals surface area (Å²) in [4.78, 5) is 2.56. The predicted octanol–water partition coefficient (Wildman–Crippen LogP) is 4.12. The maximum atomic E-state index is 6.24. The van der Waals surface area contributed by atoms with Crippen LogP contribution in [-0.4, -0.2) is 18.6 Å². The van der Waals surface area contributed by atoms with Crippen molar-refractivity contribution >= 4 is 5.69 Å². The highest BCUT2D eigenvalue weighted by Gasteiger charge is 2.38. The van der Waals surface area contributed by atoms with Gasteiger partial charge in [-0.25, -0.2) is 0 Å². The van der Waals surface area contributed by atoms with Gasteiger partial charge in [0.15, 0.2) is 0 Å². The number of rotatable bonds is 5. The lowest BCUT2D eigenvalue weighted by molar-refractivity contribution is 0.223. The Balaban J connectivity index is 2.24. The third-order valence-electron chi connectivity index (χ3n) is 5.20. The molecule has 0 atom stereocenters. The fourth-order valence-electron chi connectivity index (χ4n) is 3.80. The topological polar surface area (TPSA) is 29.3 Å². The normalized spacial score (nSPS) is 26.5. The molecule has 2 nitrogen and oxygen atoms in total. The van der Waals surface area contributed by atoms with Crippen LogP contribution in [0.25, 0.3) is 0 Å². The fourth-order valence-corrected chi connectivity index (χ4v) is 3.80. The first-order chi connectivity index (χ1) is 9.65. The SMILES string of the molecule is CCC1CCC(CN)(N(CC)c2cccc(C)c2)CC1. The highest BCUT2D eigenvalue weighted by Crippen LogP contribution is 2.39. The standard InChI is InChI=1S/C18H30N2/c1-4-16-9-11-18(14-19,12-10-16)20(5-2)17-8-6-7-15(3)13-17/h6-8,13,16H,4-5,9-12,14,19H2,1-3H3. The van der Waals surface area contributed by atoms with Crippen LogP contribution in [-0.2, 0) is 0 Å². The molecule has 2 heteroatoms. The summed E-state index contributed by atoms with van der Waals surface area (Å²) in [5.74, 6) is 0.908. The lowest BCUT2D eigenvalue weighted by Gasteiger charge is -2.48. The van der Waals surface area contributed by atoms with Crippen LogP contribution in [0.5, 0.6) is 0 Å². The van der Waals surface area contributed by atoms with Crippen LogP contribution in [0.3, 0.4) is 0 Å². The molecule has 0 aliphatic heterocycles. The van der Waals surface area contributed by atoms with Gasteiger partial charge in [-0.2, -0.15) is 0 Å². The van der Waals surface area contributed by atoms with Crippen LogP contribution in [0.1, 0.15) is 51.5 Å².